The lowest BCUT2D eigenvalue weighted by Gasteiger charge is -2.21. The van der Waals surface area contributed by atoms with Crippen LogP contribution < -0.4 is 4.90 Å². The Morgan fingerprint density at radius 3 is 2.67 bits per heavy atom. The minimum Gasteiger partial charge on any atom is -0.365 e. The second-order valence-electron chi connectivity index (χ2n) is 3.53. The quantitative estimate of drug-likeness (QED) is 0.584. The predicted molar refractivity (Wildman–Crippen MR) is 65.9 cm³/mol. The molecule has 0 unspecified atom stereocenters. The van der Waals surface area contributed by atoms with Gasteiger partial charge in [-0.2, -0.15) is 10.5 Å². The lowest BCUT2D eigenvalue weighted by Crippen LogP contribution is -2.24. The van der Waals surface area contributed by atoms with E-state index in [4.69, 9.17) is 10.5 Å². The van der Waals surface area contributed by atoms with Crippen LogP contribution in [0.2, 0.25) is 0 Å². The van der Waals surface area contributed by atoms with Gasteiger partial charge >= 0.3 is 5.69 Å². The molecule has 0 aliphatic carbocycles. The Morgan fingerprint density at radius 1 is 1.44 bits per heavy atom. The second-order valence-corrected chi connectivity index (χ2v) is 3.53. The number of hydrogen-bond donors (Lipinski definition) is 0. The summed E-state index contributed by atoms with van der Waals surface area (Å²) in [7, 11) is 0. The van der Waals surface area contributed by atoms with Gasteiger partial charge in [0.2, 0.25) is 0 Å². The third-order valence-corrected chi connectivity index (χ3v) is 2.53. The summed E-state index contributed by atoms with van der Waals surface area (Å²) in [5.74, 6) is 0. The molecular formula is C12H12N4O2. The first kappa shape index (κ1) is 13.5. The van der Waals surface area contributed by atoms with Crippen LogP contribution in [0.3, 0.4) is 0 Å². The van der Waals surface area contributed by atoms with Gasteiger partial charge in [-0.3, -0.25) is 10.1 Å². The zero-order valence-corrected chi connectivity index (χ0v) is 9.96. The van der Waals surface area contributed by atoms with Crippen LogP contribution in [0, 0.1) is 32.8 Å². The number of nitro groups is 1. The molecule has 0 radical (unpaired) electrons. The molecule has 0 amide bonds. The van der Waals surface area contributed by atoms with E-state index >= 15 is 0 Å². The largest absolute Gasteiger partial charge is 0.365 e. The van der Waals surface area contributed by atoms with Crippen molar-refractivity contribution in [2.75, 3.05) is 18.0 Å². The molecule has 0 N–H and O–H groups in total. The SMILES string of the molecule is CCN(CCC#N)c1cccc(C#N)c1[N+](=O)[O-]. The molecule has 1 aromatic rings. The average Bonchev–Trinajstić information content (AvgIpc) is 2.38. The molecule has 0 fully saturated rings. The Morgan fingerprint density at radius 2 is 2.17 bits per heavy atom. The minimum atomic E-state index is -0.553. The Balaban J connectivity index is 3.26. The van der Waals surface area contributed by atoms with Gasteiger partial charge in [-0.25, -0.2) is 0 Å². The fourth-order valence-electron chi connectivity index (χ4n) is 1.70. The van der Waals surface area contributed by atoms with Crippen LogP contribution in [0.4, 0.5) is 11.4 Å². The van der Waals surface area contributed by atoms with E-state index in [9.17, 15) is 10.1 Å². The summed E-state index contributed by atoms with van der Waals surface area (Å²) >= 11 is 0. The lowest BCUT2D eigenvalue weighted by atomic mass is 10.1. The standard InChI is InChI=1S/C12H12N4O2/c1-2-15(8-4-7-13)11-6-3-5-10(9-14)12(11)16(17)18/h3,5-6H,2,4,8H2,1H3. The molecule has 0 saturated heterocycles. The third-order valence-electron chi connectivity index (χ3n) is 2.53. The summed E-state index contributed by atoms with van der Waals surface area (Å²) in [4.78, 5) is 12.2. The number of nitriles is 2. The van der Waals surface area contributed by atoms with E-state index in [1.165, 1.54) is 6.07 Å². The highest BCUT2D eigenvalue weighted by molar-refractivity contribution is 5.69. The van der Waals surface area contributed by atoms with E-state index in [2.05, 4.69) is 0 Å². The first-order valence-electron chi connectivity index (χ1n) is 5.45. The topological polar surface area (TPSA) is 94.0 Å². The number of para-hydroxylation sites is 1. The fourth-order valence-corrected chi connectivity index (χ4v) is 1.70. The van der Waals surface area contributed by atoms with Crippen molar-refractivity contribution in [1.82, 2.24) is 0 Å². The van der Waals surface area contributed by atoms with Gasteiger partial charge in [-0.15, -0.1) is 0 Å². The van der Waals surface area contributed by atoms with Crippen molar-refractivity contribution in [1.29, 1.82) is 10.5 Å². The first-order chi connectivity index (χ1) is 8.65. The monoisotopic (exact) mass is 244 g/mol. The molecule has 6 heteroatoms. The van der Waals surface area contributed by atoms with Gasteiger partial charge in [-0.05, 0) is 19.1 Å². The molecule has 6 nitrogen and oxygen atoms in total. The van der Waals surface area contributed by atoms with Crippen molar-refractivity contribution in [3.05, 3.63) is 33.9 Å². The molecule has 0 atom stereocenters. The van der Waals surface area contributed by atoms with Crippen molar-refractivity contribution in [2.24, 2.45) is 0 Å². The van der Waals surface area contributed by atoms with Crippen molar-refractivity contribution < 1.29 is 4.92 Å². The Kier molecular flexibility index (Phi) is 4.65. The number of nitro benzene ring substituents is 1. The van der Waals surface area contributed by atoms with Crippen LogP contribution >= 0.6 is 0 Å². The van der Waals surface area contributed by atoms with Crippen LogP contribution in [0.25, 0.3) is 0 Å². The highest BCUT2D eigenvalue weighted by Crippen LogP contribution is 2.31. The van der Waals surface area contributed by atoms with E-state index in [-0.39, 0.29) is 17.7 Å². The summed E-state index contributed by atoms with van der Waals surface area (Å²) in [6.45, 7) is 2.79. The molecule has 0 spiro atoms. The van der Waals surface area contributed by atoms with Gasteiger partial charge in [-0.1, -0.05) is 6.07 Å². The molecule has 92 valence electrons. The van der Waals surface area contributed by atoms with Gasteiger partial charge < -0.3 is 4.90 Å². The first-order valence-corrected chi connectivity index (χ1v) is 5.45. The normalized spacial score (nSPS) is 9.28. The molecule has 0 aromatic heterocycles. The molecule has 1 rings (SSSR count). The van der Waals surface area contributed by atoms with E-state index in [1.807, 2.05) is 19.1 Å². The number of rotatable bonds is 5. The van der Waals surface area contributed by atoms with Crippen molar-refractivity contribution in [3.63, 3.8) is 0 Å². The van der Waals surface area contributed by atoms with Crippen LogP contribution in [-0.2, 0) is 0 Å². The molecule has 0 saturated carbocycles. The molecule has 1 aromatic carbocycles. The van der Waals surface area contributed by atoms with E-state index in [0.717, 1.165) is 0 Å². The van der Waals surface area contributed by atoms with Gasteiger partial charge in [0, 0.05) is 13.1 Å². The molecule has 18 heavy (non-hydrogen) atoms. The summed E-state index contributed by atoms with van der Waals surface area (Å²) in [6, 6.07) is 8.44. The lowest BCUT2D eigenvalue weighted by molar-refractivity contribution is -0.384. The number of anilines is 1. The number of nitrogens with zero attached hydrogens (tertiary/aromatic N) is 4. The van der Waals surface area contributed by atoms with Crippen LogP contribution in [-0.4, -0.2) is 18.0 Å². The molecular weight excluding hydrogens is 232 g/mol. The Bertz CT molecular complexity index is 528. The highest BCUT2D eigenvalue weighted by Gasteiger charge is 2.22. The number of hydrogen-bond acceptors (Lipinski definition) is 5. The highest BCUT2D eigenvalue weighted by atomic mass is 16.6. The Hall–Kier alpha value is -2.60. The average molecular weight is 244 g/mol. The molecule has 0 aliphatic heterocycles. The summed E-state index contributed by atoms with van der Waals surface area (Å²) in [6.07, 6.45) is 0.280. The number of benzene rings is 1. The summed E-state index contributed by atoms with van der Waals surface area (Å²) in [5, 5.41) is 28.5. The molecule has 0 bridgehead atoms. The van der Waals surface area contributed by atoms with Gasteiger partial charge in [0.15, 0.2) is 0 Å². The Labute approximate surface area is 105 Å². The third kappa shape index (κ3) is 2.74. The zero-order chi connectivity index (χ0) is 13.5. The maximum Gasteiger partial charge on any atom is 0.310 e. The maximum absolute atomic E-state index is 11.1. The predicted octanol–water partition coefficient (Wildman–Crippen LogP) is 2.21. The zero-order valence-electron chi connectivity index (χ0n) is 9.96. The second kappa shape index (κ2) is 6.21. The van der Waals surface area contributed by atoms with E-state index in [1.54, 1.807) is 17.0 Å². The fraction of sp³-hybridized carbons (Fsp3) is 0.333. The van der Waals surface area contributed by atoms with E-state index < -0.39 is 4.92 Å². The van der Waals surface area contributed by atoms with Gasteiger partial charge in [0.1, 0.15) is 17.3 Å². The van der Waals surface area contributed by atoms with Crippen LogP contribution in [0.1, 0.15) is 18.9 Å². The molecule has 0 aliphatic rings. The molecule has 0 heterocycles. The maximum atomic E-state index is 11.1. The van der Waals surface area contributed by atoms with Gasteiger partial charge in [0.25, 0.3) is 0 Å². The smallest absolute Gasteiger partial charge is 0.310 e. The van der Waals surface area contributed by atoms with Crippen molar-refractivity contribution in [2.45, 2.75) is 13.3 Å². The van der Waals surface area contributed by atoms with Gasteiger partial charge in [0.05, 0.1) is 17.4 Å². The summed E-state index contributed by atoms with van der Waals surface area (Å²) < 4.78 is 0. The summed E-state index contributed by atoms with van der Waals surface area (Å²) in [5.41, 5.74) is 0.226. The van der Waals surface area contributed by atoms with E-state index in [0.29, 0.717) is 18.8 Å². The van der Waals surface area contributed by atoms with Crippen molar-refractivity contribution >= 4 is 11.4 Å². The minimum absolute atomic E-state index is 0.0351. The van der Waals surface area contributed by atoms with Crippen LogP contribution in [0.15, 0.2) is 18.2 Å². The van der Waals surface area contributed by atoms with Crippen LogP contribution in [0.5, 0.6) is 0 Å². The van der Waals surface area contributed by atoms with Crippen molar-refractivity contribution in [3.8, 4) is 12.1 Å².